The molecule has 0 aromatic heterocycles. The van der Waals surface area contributed by atoms with Crippen LogP contribution in [0.4, 0.5) is 4.39 Å². The first kappa shape index (κ1) is 18.2. The lowest BCUT2D eigenvalue weighted by Gasteiger charge is -2.27. The van der Waals surface area contributed by atoms with Crippen molar-refractivity contribution in [1.29, 1.82) is 0 Å². The highest BCUT2D eigenvalue weighted by molar-refractivity contribution is 7.89. The first-order chi connectivity index (χ1) is 9.38. The van der Waals surface area contributed by atoms with Gasteiger partial charge in [-0.1, -0.05) is 44.0 Å². The minimum absolute atomic E-state index is 0.329. The molecule has 21 heavy (non-hydrogen) atoms. The molecule has 0 heterocycles. The van der Waals surface area contributed by atoms with Crippen molar-refractivity contribution in [3.8, 4) is 0 Å². The fraction of sp³-hybridized carbons (Fsp3) is 0.417. The van der Waals surface area contributed by atoms with Gasteiger partial charge in [0.2, 0.25) is 10.0 Å². The smallest absolute Gasteiger partial charge is 0.322 e. The molecule has 0 saturated carbocycles. The third kappa shape index (κ3) is 4.06. The van der Waals surface area contributed by atoms with Crippen LogP contribution in [0, 0.1) is 11.2 Å². The minimum Gasteiger partial charge on any atom is -0.480 e. The average Bonchev–Trinajstić information content (AvgIpc) is 2.31. The Bertz CT molecular complexity index is 671. The van der Waals surface area contributed by atoms with Crippen LogP contribution in [0.15, 0.2) is 17.0 Å². The third-order valence-electron chi connectivity index (χ3n) is 2.68. The molecule has 5 nitrogen and oxygen atoms in total. The first-order valence-corrected chi connectivity index (χ1v) is 8.00. The van der Waals surface area contributed by atoms with Crippen molar-refractivity contribution in [3.63, 3.8) is 0 Å². The first-order valence-electron chi connectivity index (χ1n) is 5.76. The molecule has 0 saturated heterocycles. The van der Waals surface area contributed by atoms with Gasteiger partial charge in [0.1, 0.15) is 10.9 Å². The molecule has 0 spiro atoms. The number of sulfonamides is 1. The van der Waals surface area contributed by atoms with Crippen LogP contribution >= 0.6 is 23.2 Å². The molecule has 1 aromatic rings. The van der Waals surface area contributed by atoms with Crippen LogP contribution in [-0.2, 0) is 14.8 Å². The van der Waals surface area contributed by atoms with Gasteiger partial charge in [-0.15, -0.1) is 0 Å². The maximum absolute atomic E-state index is 13.6. The Morgan fingerprint density at radius 2 is 1.86 bits per heavy atom. The summed E-state index contributed by atoms with van der Waals surface area (Å²) in [5, 5.41) is 8.12. The number of carbonyl (C=O) groups is 1. The van der Waals surface area contributed by atoms with Crippen molar-refractivity contribution in [1.82, 2.24) is 4.72 Å². The summed E-state index contributed by atoms with van der Waals surface area (Å²) in [5.74, 6) is -2.43. The number of aliphatic carboxylic acids is 1. The van der Waals surface area contributed by atoms with Crippen molar-refractivity contribution in [2.45, 2.75) is 31.7 Å². The van der Waals surface area contributed by atoms with Gasteiger partial charge in [-0.05, 0) is 17.5 Å². The topological polar surface area (TPSA) is 83.5 Å². The molecular weight excluding hydrogens is 344 g/mol. The monoisotopic (exact) mass is 357 g/mol. The number of halogens is 3. The van der Waals surface area contributed by atoms with Gasteiger partial charge in [0.15, 0.2) is 5.82 Å². The van der Waals surface area contributed by atoms with Gasteiger partial charge in [0.25, 0.3) is 0 Å². The molecule has 118 valence electrons. The Morgan fingerprint density at radius 3 is 2.29 bits per heavy atom. The van der Waals surface area contributed by atoms with E-state index in [2.05, 4.69) is 0 Å². The molecule has 0 aliphatic heterocycles. The van der Waals surface area contributed by atoms with Crippen molar-refractivity contribution in [2.75, 3.05) is 0 Å². The Morgan fingerprint density at radius 1 is 1.33 bits per heavy atom. The van der Waals surface area contributed by atoms with Gasteiger partial charge >= 0.3 is 5.97 Å². The van der Waals surface area contributed by atoms with Crippen LogP contribution in [-0.4, -0.2) is 25.5 Å². The zero-order valence-corrected chi connectivity index (χ0v) is 13.8. The molecule has 1 rings (SSSR count). The van der Waals surface area contributed by atoms with E-state index in [0.29, 0.717) is 0 Å². The summed E-state index contributed by atoms with van der Waals surface area (Å²) in [6.07, 6.45) is 0. The van der Waals surface area contributed by atoms with E-state index < -0.39 is 43.2 Å². The zero-order chi connectivity index (χ0) is 16.6. The molecule has 1 aromatic carbocycles. The molecule has 0 amide bonds. The van der Waals surface area contributed by atoms with Crippen LogP contribution in [0.2, 0.25) is 10.0 Å². The van der Waals surface area contributed by atoms with Gasteiger partial charge in [0.05, 0.1) is 10.0 Å². The Balaban J connectivity index is 3.30. The highest BCUT2D eigenvalue weighted by atomic mass is 35.5. The summed E-state index contributed by atoms with van der Waals surface area (Å²) in [6.45, 7) is 4.66. The number of hydrogen-bond acceptors (Lipinski definition) is 3. The molecular formula is C12H14Cl2FNO4S. The number of carboxylic acids is 1. The van der Waals surface area contributed by atoms with Crippen LogP contribution in [0.5, 0.6) is 0 Å². The molecule has 0 unspecified atom stereocenters. The van der Waals surface area contributed by atoms with Crippen molar-refractivity contribution < 1.29 is 22.7 Å². The van der Waals surface area contributed by atoms with E-state index in [4.69, 9.17) is 28.3 Å². The predicted molar refractivity (Wildman–Crippen MR) is 77.6 cm³/mol. The van der Waals surface area contributed by atoms with Crippen LogP contribution in [0.3, 0.4) is 0 Å². The second-order valence-corrected chi connectivity index (χ2v) is 7.90. The predicted octanol–water partition coefficient (Wildman–Crippen LogP) is 2.91. The largest absolute Gasteiger partial charge is 0.480 e. The van der Waals surface area contributed by atoms with Crippen molar-refractivity contribution >= 4 is 39.2 Å². The fourth-order valence-corrected chi connectivity index (χ4v) is 3.67. The second-order valence-electron chi connectivity index (χ2n) is 5.43. The highest BCUT2D eigenvalue weighted by Gasteiger charge is 2.36. The Kier molecular flexibility index (Phi) is 5.26. The van der Waals surface area contributed by atoms with Gasteiger partial charge in [-0.3, -0.25) is 4.79 Å². The van der Waals surface area contributed by atoms with Crippen LogP contribution in [0.1, 0.15) is 20.8 Å². The molecule has 1 atom stereocenters. The maximum atomic E-state index is 13.6. The van der Waals surface area contributed by atoms with Gasteiger partial charge < -0.3 is 5.11 Å². The van der Waals surface area contributed by atoms with Crippen molar-refractivity contribution in [2.24, 2.45) is 5.41 Å². The Labute approximate surface area is 132 Å². The van der Waals surface area contributed by atoms with E-state index in [9.17, 15) is 17.6 Å². The quantitative estimate of drug-likeness (QED) is 0.811. The van der Waals surface area contributed by atoms with E-state index in [1.54, 1.807) is 20.8 Å². The third-order valence-corrected chi connectivity index (χ3v) is 4.91. The van der Waals surface area contributed by atoms with E-state index >= 15 is 0 Å². The van der Waals surface area contributed by atoms with Crippen molar-refractivity contribution in [3.05, 3.63) is 28.0 Å². The summed E-state index contributed by atoms with van der Waals surface area (Å²) in [7, 11) is -4.32. The SMILES string of the molecule is CC(C)(C)[C@H](NS(=O)(=O)c1ccc(Cl)c(F)c1Cl)C(=O)O. The molecule has 0 radical (unpaired) electrons. The molecule has 0 fully saturated rings. The number of nitrogens with one attached hydrogen (secondary N) is 1. The molecule has 0 bridgehead atoms. The van der Waals surface area contributed by atoms with Gasteiger partial charge in [0, 0.05) is 0 Å². The molecule has 9 heteroatoms. The number of hydrogen-bond donors (Lipinski definition) is 2. The van der Waals surface area contributed by atoms with Gasteiger partial charge in [-0.25, -0.2) is 12.8 Å². The molecule has 2 N–H and O–H groups in total. The molecule has 0 aliphatic carbocycles. The summed E-state index contributed by atoms with van der Waals surface area (Å²) >= 11 is 11.1. The lowest BCUT2D eigenvalue weighted by Crippen LogP contribution is -2.49. The normalized spacial score (nSPS) is 14.0. The van der Waals surface area contributed by atoms with E-state index in [1.165, 1.54) is 0 Å². The summed E-state index contributed by atoms with van der Waals surface area (Å²) in [4.78, 5) is 10.6. The van der Waals surface area contributed by atoms with Crippen LogP contribution in [0.25, 0.3) is 0 Å². The van der Waals surface area contributed by atoms with Crippen LogP contribution < -0.4 is 4.72 Å². The van der Waals surface area contributed by atoms with E-state index in [1.807, 2.05) is 4.72 Å². The molecule has 0 aliphatic rings. The van der Waals surface area contributed by atoms with E-state index in [-0.39, 0.29) is 5.02 Å². The fourth-order valence-electron chi connectivity index (χ4n) is 1.53. The lowest BCUT2D eigenvalue weighted by molar-refractivity contribution is -0.141. The lowest BCUT2D eigenvalue weighted by atomic mass is 9.88. The zero-order valence-electron chi connectivity index (χ0n) is 11.4. The summed E-state index contributed by atoms with van der Waals surface area (Å²) in [5.41, 5.74) is -0.893. The minimum atomic E-state index is -4.32. The van der Waals surface area contributed by atoms with Gasteiger partial charge in [-0.2, -0.15) is 4.72 Å². The number of carboxylic acid groups (broad SMARTS) is 1. The highest BCUT2D eigenvalue weighted by Crippen LogP contribution is 2.30. The standard InChI is InChI=1S/C12H14Cl2FNO4S/c1-12(2,3)10(11(17)18)16-21(19,20)7-5-4-6(13)9(15)8(7)14/h4-5,10,16H,1-3H3,(H,17,18)/t10-/m1/s1. The Hall–Kier alpha value is -0.890. The number of rotatable bonds is 4. The average molecular weight is 358 g/mol. The summed E-state index contributed by atoms with van der Waals surface area (Å²) < 4.78 is 40.0. The second kappa shape index (κ2) is 6.08. The number of benzene rings is 1. The maximum Gasteiger partial charge on any atom is 0.322 e. The van der Waals surface area contributed by atoms with E-state index in [0.717, 1.165) is 12.1 Å². The summed E-state index contributed by atoms with van der Waals surface area (Å²) in [6, 6.07) is 0.638.